The molecule has 0 aliphatic carbocycles. The number of hydrogen-bond donors (Lipinski definition) is 1. The number of aromatic nitrogens is 1. The highest BCUT2D eigenvalue weighted by atomic mass is 35.5. The van der Waals surface area contributed by atoms with Crippen LogP contribution in [0.4, 0.5) is 5.69 Å². The van der Waals surface area contributed by atoms with Crippen molar-refractivity contribution < 1.29 is 13.6 Å². The van der Waals surface area contributed by atoms with Crippen molar-refractivity contribution >= 4 is 59.8 Å². The lowest BCUT2D eigenvalue weighted by atomic mass is 10.4. The summed E-state index contributed by atoms with van der Waals surface area (Å²) in [4.78, 5) is 3.74. The Bertz CT molecular complexity index is 506. The Morgan fingerprint density at radius 3 is 1.81 bits per heavy atom. The molecule has 0 radical (unpaired) electrons. The number of nitrogens with one attached hydrogen (secondary N) is 1. The lowest BCUT2D eigenvalue weighted by Crippen LogP contribution is -2.08. The molecule has 0 saturated carbocycles. The van der Waals surface area contributed by atoms with Crippen molar-refractivity contribution in [2.24, 2.45) is 0 Å². The van der Waals surface area contributed by atoms with Crippen molar-refractivity contribution in [2.45, 2.75) is 26.7 Å². The van der Waals surface area contributed by atoms with Crippen LogP contribution in [0.3, 0.4) is 0 Å². The van der Waals surface area contributed by atoms with Crippen LogP contribution in [0.25, 0.3) is 0 Å². The number of halogens is 4. The highest BCUT2D eigenvalue weighted by molar-refractivity contribution is 7.55. The smallest absolute Gasteiger partial charge is 0.292 e. The molecule has 0 spiro atoms. The molecule has 5 nitrogen and oxygen atoms in total. The van der Waals surface area contributed by atoms with Crippen LogP contribution in [0.2, 0.25) is 20.4 Å². The van der Waals surface area contributed by atoms with E-state index in [4.69, 9.17) is 55.5 Å². The third-order valence-corrected chi connectivity index (χ3v) is 5.20. The number of nitrogens with zero attached hydrogens (tertiary/aromatic N) is 1. The van der Waals surface area contributed by atoms with Crippen molar-refractivity contribution in [1.82, 2.24) is 4.98 Å². The molecule has 120 valence electrons. The van der Waals surface area contributed by atoms with Crippen molar-refractivity contribution in [1.29, 1.82) is 0 Å². The van der Waals surface area contributed by atoms with Gasteiger partial charge in [-0.25, -0.2) is 9.55 Å². The van der Waals surface area contributed by atoms with E-state index in [9.17, 15) is 4.57 Å². The first-order chi connectivity index (χ1) is 9.84. The second-order valence-electron chi connectivity index (χ2n) is 3.97. The number of anilines is 1. The molecule has 0 fully saturated rings. The second-order valence-corrected chi connectivity index (χ2v) is 7.18. The van der Waals surface area contributed by atoms with Crippen LogP contribution in [-0.4, -0.2) is 18.2 Å². The monoisotopic (exact) mass is 394 g/mol. The molecule has 1 rings (SSSR count). The molecule has 0 amide bonds. The summed E-state index contributed by atoms with van der Waals surface area (Å²) in [5.41, 5.74) is 0.0684. The summed E-state index contributed by atoms with van der Waals surface area (Å²) in [6.45, 7) is 4.25. The van der Waals surface area contributed by atoms with Gasteiger partial charge in [-0.15, -0.1) is 0 Å². The van der Waals surface area contributed by atoms with Crippen LogP contribution < -0.4 is 5.09 Å². The number of rotatable bonds is 8. The Balaban J connectivity index is 3.11. The van der Waals surface area contributed by atoms with Gasteiger partial charge in [-0.1, -0.05) is 60.3 Å². The Hall–Kier alpha value is 0.260. The minimum atomic E-state index is -3.63. The van der Waals surface area contributed by atoms with Crippen molar-refractivity contribution in [3.8, 4) is 0 Å². The molecule has 21 heavy (non-hydrogen) atoms. The molecule has 0 saturated heterocycles. The van der Waals surface area contributed by atoms with E-state index in [1.54, 1.807) is 0 Å². The van der Waals surface area contributed by atoms with E-state index in [-0.39, 0.29) is 39.3 Å². The molecule has 0 atom stereocenters. The Kier molecular flexibility index (Phi) is 8.07. The summed E-state index contributed by atoms with van der Waals surface area (Å²) in [7, 11) is -3.63. The molecule has 1 heterocycles. The summed E-state index contributed by atoms with van der Waals surface area (Å²) in [6.07, 6.45) is 1.33. The van der Waals surface area contributed by atoms with E-state index >= 15 is 0 Å². The molecule has 0 unspecified atom stereocenters. The fraction of sp³-hybridized carbons (Fsp3) is 0.545. The zero-order valence-electron chi connectivity index (χ0n) is 11.5. The Morgan fingerprint density at radius 2 is 1.43 bits per heavy atom. The van der Waals surface area contributed by atoms with Crippen LogP contribution in [0, 0.1) is 0 Å². The normalized spacial score (nSPS) is 11.7. The van der Waals surface area contributed by atoms with Crippen molar-refractivity contribution in [3.63, 3.8) is 0 Å². The predicted octanol–water partition coefficient (Wildman–Crippen LogP) is 6.07. The van der Waals surface area contributed by atoms with Crippen molar-refractivity contribution in [3.05, 3.63) is 20.4 Å². The maximum atomic E-state index is 12.6. The first-order valence-corrected chi connectivity index (χ1v) is 9.27. The van der Waals surface area contributed by atoms with Gasteiger partial charge in [0.1, 0.15) is 10.0 Å². The molecular weight excluding hydrogens is 381 g/mol. The zero-order chi connectivity index (χ0) is 16.0. The molecule has 1 N–H and O–H groups in total. The van der Waals surface area contributed by atoms with E-state index in [0.29, 0.717) is 12.8 Å². The average molecular weight is 396 g/mol. The average Bonchev–Trinajstić information content (AvgIpc) is 2.46. The van der Waals surface area contributed by atoms with Gasteiger partial charge in [-0.05, 0) is 12.8 Å². The first-order valence-electron chi connectivity index (χ1n) is 6.22. The lowest BCUT2D eigenvalue weighted by molar-refractivity contribution is 0.209. The van der Waals surface area contributed by atoms with Crippen LogP contribution in [0.5, 0.6) is 0 Å². The summed E-state index contributed by atoms with van der Waals surface area (Å²) in [5.74, 6) is 0. The molecule has 10 heteroatoms. The standard InChI is InChI=1S/C11H15Cl4N2O3P/c1-3-5-19-21(18,20-6-4-2)17-9-7(12)10(14)16-11(15)8(9)13/h3-6H2,1-2H3,(H,16,17,18). The largest absolute Gasteiger partial charge is 0.432 e. The van der Waals surface area contributed by atoms with Gasteiger partial charge in [0.25, 0.3) is 0 Å². The molecule has 0 aliphatic rings. The van der Waals surface area contributed by atoms with Gasteiger partial charge in [-0.3, -0.25) is 14.1 Å². The number of hydrogen-bond acceptors (Lipinski definition) is 4. The fourth-order valence-electron chi connectivity index (χ4n) is 1.25. The van der Waals surface area contributed by atoms with E-state index in [2.05, 4.69) is 10.1 Å². The lowest BCUT2D eigenvalue weighted by Gasteiger charge is -2.21. The molecule has 0 bridgehead atoms. The minimum Gasteiger partial charge on any atom is -0.292 e. The Morgan fingerprint density at radius 1 is 1.00 bits per heavy atom. The van der Waals surface area contributed by atoms with E-state index in [0.717, 1.165) is 0 Å². The maximum absolute atomic E-state index is 12.6. The third-order valence-electron chi connectivity index (χ3n) is 2.18. The van der Waals surface area contributed by atoms with Gasteiger partial charge < -0.3 is 0 Å². The molecule has 1 aromatic heterocycles. The van der Waals surface area contributed by atoms with Gasteiger partial charge >= 0.3 is 7.75 Å². The maximum Gasteiger partial charge on any atom is 0.432 e. The molecule has 0 aliphatic heterocycles. The second kappa shape index (κ2) is 8.78. The van der Waals surface area contributed by atoms with E-state index in [1.165, 1.54) is 0 Å². The van der Waals surface area contributed by atoms with Gasteiger partial charge in [0.05, 0.1) is 18.9 Å². The Labute approximate surface area is 143 Å². The van der Waals surface area contributed by atoms with Crippen LogP contribution in [0.15, 0.2) is 0 Å². The van der Waals surface area contributed by atoms with Crippen LogP contribution in [0.1, 0.15) is 26.7 Å². The predicted molar refractivity (Wildman–Crippen MR) is 88.0 cm³/mol. The summed E-state index contributed by atoms with van der Waals surface area (Å²) < 4.78 is 23.2. The van der Waals surface area contributed by atoms with Gasteiger partial charge in [0.2, 0.25) is 0 Å². The quantitative estimate of drug-likeness (QED) is 0.427. The molecular formula is C11H15Cl4N2O3P. The van der Waals surface area contributed by atoms with Crippen molar-refractivity contribution in [2.75, 3.05) is 18.3 Å². The van der Waals surface area contributed by atoms with Crippen LogP contribution in [-0.2, 0) is 13.6 Å². The fourth-order valence-corrected chi connectivity index (χ4v) is 3.74. The summed E-state index contributed by atoms with van der Waals surface area (Å²) in [5, 5.41) is 2.44. The van der Waals surface area contributed by atoms with Gasteiger partial charge in [0, 0.05) is 0 Å². The highest BCUT2D eigenvalue weighted by Crippen LogP contribution is 2.52. The first kappa shape index (κ1) is 19.3. The van der Waals surface area contributed by atoms with Gasteiger partial charge in [-0.2, -0.15) is 0 Å². The number of pyridine rings is 1. The zero-order valence-corrected chi connectivity index (χ0v) is 15.4. The highest BCUT2D eigenvalue weighted by Gasteiger charge is 2.28. The van der Waals surface area contributed by atoms with E-state index in [1.807, 2.05) is 13.8 Å². The topological polar surface area (TPSA) is 60.5 Å². The van der Waals surface area contributed by atoms with Gasteiger partial charge in [0.15, 0.2) is 10.3 Å². The van der Waals surface area contributed by atoms with Crippen LogP contribution >= 0.6 is 54.2 Å². The SMILES string of the molecule is CCCOP(=O)(Nc1c(Cl)c(Cl)nc(Cl)c1Cl)OCCC. The summed E-state index contributed by atoms with van der Waals surface area (Å²) >= 11 is 23.7. The third kappa shape index (κ3) is 5.43. The molecule has 0 aromatic carbocycles. The molecule has 1 aromatic rings. The summed E-state index contributed by atoms with van der Waals surface area (Å²) in [6, 6.07) is 0. The van der Waals surface area contributed by atoms with E-state index < -0.39 is 7.75 Å². The minimum absolute atomic E-state index is 0.00788.